The molecule has 0 bridgehead atoms. The average Bonchev–Trinajstić information content (AvgIpc) is 3.34. The monoisotopic (exact) mass is 501 g/mol. The van der Waals surface area contributed by atoms with Crippen molar-refractivity contribution in [2.75, 3.05) is 16.2 Å². The maximum atomic E-state index is 13.5. The molecule has 2 amide bonds. The molecule has 8 nitrogen and oxygen atoms in total. The van der Waals surface area contributed by atoms with Crippen molar-refractivity contribution < 1.29 is 22.4 Å². The fourth-order valence-corrected chi connectivity index (χ4v) is 5.79. The lowest BCUT2D eigenvalue weighted by Crippen LogP contribution is -2.40. The number of hydrogen-bond acceptors (Lipinski definition) is 5. The Hall–Kier alpha value is -4.37. The third-order valence-corrected chi connectivity index (χ3v) is 7.88. The molecule has 3 aromatic carbocycles. The normalized spacial score (nSPS) is 15.2. The van der Waals surface area contributed by atoms with Crippen LogP contribution in [0.3, 0.4) is 0 Å². The summed E-state index contributed by atoms with van der Waals surface area (Å²) in [6.45, 7) is 3.68. The molecular weight excluding hydrogens is 478 g/mol. The van der Waals surface area contributed by atoms with Gasteiger partial charge in [-0.1, -0.05) is 43.0 Å². The van der Waals surface area contributed by atoms with Gasteiger partial charge in [-0.15, -0.1) is 0 Å². The topological polar surface area (TPSA) is 109 Å². The van der Waals surface area contributed by atoms with Gasteiger partial charge in [-0.2, -0.15) is 0 Å². The number of para-hydroxylation sites is 2. The van der Waals surface area contributed by atoms with E-state index in [2.05, 4.69) is 17.2 Å². The van der Waals surface area contributed by atoms with E-state index >= 15 is 0 Å². The number of nitrogens with zero attached hydrogens (tertiary/aromatic N) is 1. The molecule has 1 unspecified atom stereocenters. The molecule has 1 aromatic heterocycles. The van der Waals surface area contributed by atoms with Crippen LogP contribution in [0.25, 0.3) is 11.0 Å². The lowest BCUT2D eigenvalue weighted by molar-refractivity contribution is -0.117. The van der Waals surface area contributed by atoms with Gasteiger partial charge in [0.15, 0.2) is 5.76 Å². The Morgan fingerprint density at radius 2 is 1.72 bits per heavy atom. The highest BCUT2D eigenvalue weighted by Crippen LogP contribution is 2.37. The van der Waals surface area contributed by atoms with Crippen LogP contribution in [0.4, 0.5) is 11.4 Å². The zero-order chi connectivity index (χ0) is 25.3. The molecule has 5 rings (SSSR count). The van der Waals surface area contributed by atoms with Crippen LogP contribution < -0.4 is 14.9 Å². The number of carbonyl (C=O) groups is 2. The summed E-state index contributed by atoms with van der Waals surface area (Å²) < 4.78 is 34.0. The van der Waals surface area contributed by atoms with Crippen molar-refractivity contribution >= 4 is 44.2 Å². The Bertz CT molecular complexity index is 1540. The quantitative estimate of drug-likeness (QED) is 0.375. The van der Waals surface area contributed by atoms with Crippen LogP contribution in [0.1, 0.15) is 28.6 Å². The molecule has 0 radical (unpaired) electrons. The fourth-order valence-electron chi connectivity index (χ4n) is 4.29. The molecule has 2 N–H and O–H groups in total. The number of furan rings is 1. The SMILES string of the molecule is C=CC(=O)NC1CCN(S(=O)(=O)c2ccc(NC(=O)c3cc4ccccc4o3)cc2)c2ccccc21. The first kappa shape index (κ1) is 23.4. The van der Waals surface area contributed by atoms with Gasteiger partial charge in [-0.3, -0.25) is 13.9 Å². The minimum absolute atomic E-state index is 0.0904. The molecule has 36 heavy (non-hydrogen) atoms. The average molecular weight is 502 g/mol. The van der Waals surface area contributed by atoms with Gasteiger partial charge in [-0.05, 0) is 60.5 Å². The summed E-state index contributed by atoms with van der Waals surface area (Å²) in [5, 5.41) is 6.41. The minimum atomic E-state index is -3.88. The first-order chi connectivity index (χ1) is 17.4. The maximum absolute atomic E-state index is 13.5. The molecule has 0 fully saturated rings. The zero-order valence-corrected chi connectivity index (χ0v) is 20.0. The summed E-state index contributed by atoms with van der Waals surface area (Å²) in [4.78, 5) is 24.5. The standard InChI is InChI=1S/C27H23N3O5S/c1-2-26(31)29-22-15-16-30(23-9-5-4-8-21(22)23)36(33,34)20-13-11-19(12-14-20)28-27(32)25-17-18-7-3-6-10-24(18)35-25/h2-14,17,22H,1,15-16H2,(H,28,32)(H,29,31). The highest BCUT2D eigenvalue weighted by atomic mass is 32.2. The number of amides is 2. The molecule has 1 aliphatic rings. The predicted octanol–water partition coefficient (Wildman–Crippen LogP) is 4.63. The van der Waals surface area contributed by atoms with Crippen molar-refractivity contribution in [2.24, 2.45) is 0 Å². The Morgan fingerprint density at radius 1 is 1.00 bits per heavy atom. The second-order valence-corrected chi connectivity index (χ2v) is 10.2. The van der Waals surface area contributed by atoms with Crippen LogP contribution in [0.5, 0.6) is 0 Å². The van der Waals surface area contributed by atoms with Crippen LogP contribution in [-0.2, 0) is 14.8 Å². The van der Waals surface area contributed by atoms with Gasteiger partial charge in [0, 0.05) is 17.6 Å². The van der Waals surface area contributed by atoms with Crippen molar-refractivity contribution in [3.8, 4) is 0 Å². The molecule has 9 heteroatoms. The smallest absolute Gasteiger partial charge is 0.291 e. The molecule has 1 atom stereocenters. The van der Waals surface area contributed by atoms with Crippen molar-refractivity contribution in [1.29, 1.82) is 0 Å². The second-order valence-electron chi connectivity index (χ2n) is 8.32. The predicted molar refractivity (Wildman–Crippen MR) is 137 cm³/mol. The number of hydrogen-bond donors (Lipinski definition) is 2. The zero-order valence-electron chi connectivity index (χ0n) is 19.2. The van der Waals surface area contributed by atoms with E-state index in [1.54, 1.807) is 24.3 Å². The summed E-state index contributed by atoms with van der Waals surface area (Å²) in [7, 11) is -3.88. The third kappa shape index (κ3) is 4.36. The Labute approximate surface area is 208 Å². The molecule has 2 heterocycles. The molecule has 0 saturated carbocycles. The summed E-state index contributed by atoms with van der Waals surface area (Å²) in [5.41, 5.74) is 2.28. The van der Waals surface area contributed by atoms with Crippen molar-refractivity contribution in [2.45, 2.75) is 17.4 Å². The molecule has 0 spiro atoms. The van der Waals surface area contributed by atoms with E-state index in [4.69, 9.17) is 4.42 Å². The van der Waals surface area contributed by atoms with Gasteiger partial charge >= 0.3 is 0 Å². The highest BCUT2D eigenvalue weighted by molar-refractivity contribution is 7.92. The van der Waals surface area contributed by atoms with Crippen LogP contribution in [0.15, 0.2) is 101 Å². The summed E-state index contributed by atoms with van der Waals surface area (Å²) in [6.07, 6.45) is 1.61. The van der Waals surface area contributed by atoms with Gasteiger partial charge in [0.2, 0.25) is 5.91 Å². The number of fused-ring (bicyclic) bond motifs is 2. The van der Waals surface area contributed by atoms with Crippen LogP contribution in [-0.4, -0.2) is 26.8 Å². The van der Waals surface area contributed by atoms with E-state index in [9.17, 15) is 18.0 Å². The van der Waals surface area contributed by atoms with Crippen molar-refractivity contribution in [3.05, 3.63) is 103 Å². The number of sulfonamides is 1. The Kier molecular flexibility index (Phi) is 6.07. The van der Waals surface area contributed by atoms with Gasteiger partial charge in [-0.25, -0.2) is 8.42 Å². The van der Waals surface area contributed by atoms with Crippen molar-refractivity contribution in [3.63, 3.8) is 0 Å². The number of carbonyl (C=O) groups excluding carboxylic acids is 2. The highest BCUT2D eigenvalue weighted by Gasteiger charge is 2.33. The van der Waals surface area contributed by atoms with Crippen molar-refractivity contribution in [1.82, 2.24) is 5.32 Å². The van der Waals surface area contributed by atoms with Crippen LogP contribution in [0, 0.1) is 0 Å². The third-order valence-electron chi connectivity index (χ3n) is 6.05. The van der Waals surface area contributed by atoms with E-state index < -0.39 is 15.9 Å². The van der Waals surface area contributed by atoms with Crippen LogP contribution in [0.2, 0.25) is 0 Å². The molecule has 182 valence electrons. The fraction of sp³-hybridized carbons (Fsp3) is 0.111. The Morgan fingerprint density at radius 3 is 2.47 bits per heavy atom. The lowest BCUT2D eigenvalue weighted by atomic mass is 9.98. The molecule has 4 aromatic rings. The van der Waals surface area contributed by atoms with E-state index in [0.717, 1.165) is 10.9 Å². The van der Waals surface area contributed by atoms with E-state index in [1.807, 2.05) is 30.3 Å². The second kappa shape index (κ2) is 9.35. The Balaban J connectivity index is 1.36. The summed E-state index contributed by atoms with van der Waals surface area (Å²) in [5.74, 6) is -0.582. The summed E-state index contributed by atoms with van der Waals surface area (Å²) >= 11 is 0. The van der Waals surface area contributed by atoms with Gasteiger partial charge in [0.25, 0.3) is 15.9 Å². The number of rotatable bonds is 6. The van der Waals surface area contributed by atoms with Gasteiger partial charge in [0.05, 0.1) is 16.6 Å². The molecule has 1 aliphatic heterocycles. The largest absolute Gasteiger partial charge is 0.451 e. The van der Waals surface area contributed by atoms with E-state index in [0.29, 0.717) is 23.4 Å². The molecule has 0 saturated heterocycles. The minimum Gasteiger partial charge on any atom is -0.451 e. The van der Waals surface area contributed by atoms with Gasteiger partial charge in [0.1, 0.15) is 5.58 Å². The number of anilines is 2. The van der Waals surface area contributed by atoms with E-state index in [-0.39, 0.29) is 29.1 Å². The maximum Gasteiger partial charge on any atom is 0.291 e. The van der Waals surface area contributed by atoms with E-state index in [1.165, 1.54) is 34.6 Å². The van der Waals surface area contributed by atoms with Crippen LogP contribution >= 0.6 is 0 Å². The lowest BCUT2D eigenvalue weighted by Gasteiger charge is -2.35. The molecular formula is C27H23N3O5S. The molecule has 0 aliphatic carbocycles. The number of benzene rings is 3. The summed E-state index contributed by atoms with van der Waals surface area (Å²) in [6, 6.07) is 21.7. The first-order valence-electron chi connectivity index (χ1n) is 11.3. The van der Waals surface area contributed by atoms with Gasteiger partial charge < -0.3 is 15.1 Å². The number of nitrogens with one attached hydrogen (secondary N) is 2. The first-order valence-corrected chi connectivity index (χ1v) is 12.8.